The van der Waals surface area contributed by atoms with Crippen LogP contribution in [0.4, 0.5) is 9.59 Å². The van der Waals surface area contributed by atoms with Crippen LogP contribution in [0.1, 0.15) is 79.7 Å². The van der Waals surface area contributed by atoms with Crippen molar-refractivity contribution in [3.63, 3.8) is 0 Å². The average Bonchev–Trinajstić information content (AvgIpc) is 3.41. The summed E-state index contributed by atoms with van der Waals surface area (Å²) in [6.45, 7) is 12.8. The Balaban J connectivity index is 1.49. The minimum Gasteiger partial charge on any atom is -0.444 e. The predicted molar refractivity (Wildman–Crippen MR) is 155 cm³/mol. The maximum atomic E-state index is 13.3. The van der Waals surface area contributed by atoms with Crippen molar-refractivity contribution in [1.82, 2.24) is 24.3 Å². The first-order chi connectivity index (χ1) is 18.2. The van der Waals surface area contributed by atoms with Crippen LogP contribution in [0.15, 0.2) is 28.8 Å². The van der Waals surface area contributed by atoms with Gasteiger partial charge in [0.1, 0.15) is 28.3 Å². The van der Waals surface area contributed by atoms with Gasteiger partial charge in [0.05, 0.1) is 5.39 Å². The molecule has 1 fully saturated rings. The van der Waals surface area contributed by atoms with Gasteiger partial charge < -0.3 is 18.9 Å². The fraction of sp³-hybridized carbons (Fsp3) is 0.643. The van der Waals surface area contributed by atoms with E-state index in [4.69, 9.17) is 21.1 Å². The number of aromatic nitrogens is 3. The first kappa shape index (κ1) is 29.6. The Bertz CT molecular complexity index is 1250. The van der Waals surface area contributed by atoms with E-state index in [0.717, 1.165) is 53.2 Å². The quantitative estimate of drug-likeness (QED) is 0.323. The summed E-state index contributed by atoms with van der Waals surface area (Å²) in [5.41, 5.74) is 0.652. The molecule has 2 atom stereocenters. The zero-order chi connectivity index (χ0) is 28.5. The molecule has 2 aliphatic rings. The Morgan fingerprint density at radius 3 is 2.54 bits per heavy atom. The van der Waals surface area contributed by atoms with E-state index in [1.807, 2.05) is 53.9 Å². The number of fused-ring (bicyclic) bond motifs is 1. The van der Waals surface area contributed by atoms with Gasteiger partial charge in [0.25, 0.3) is 0 Å². The van der Waals surface area contributed by atoms with Crippen molar-refractivity contribution in [1.29, 1.82) is 0 Å². The molecule has 0 spiro atoms. The maximum Gasteiger partial charge on any atom is 0.414 e. The zero-order valence-electron chi connectivity index (χ0n) is 23.7. The monoisotopic (exact) mass is 623 g/mol. The van der Waals surface area contributed by atoms with Crippen molar-refractivity contribution in [3.8, 4) is 0 Å². The number of amides is 2. The van der Waals surface area contributed by atoms with E-state index in [-0.39, 0.29) is 18.2 Å². The highest BCUT2D eigenvalue weighted by Gasteiger charge is 2.33. The molecular weight excluding hydrogens is 586 g/mol. The van der Waals surface area contributed by atoms with Crippen molar-refractivity contribution in [3.05, 3.63) is 33.9 Å². The van der Waals surface area contributed by atoms with Gasteiger partial charge in [0, 0.05) is 42.5 Å². The molecule has 4 rings (SSSR count). The summed E-state index contributed by atoms with van der Waals surface area (Å²) >= 11 is 9.94. The Labute approximate surface area is 244 Å². The van der Waals surface area contributed by atoms with Gasteiger partial charge in [-0.15, -0.1) is 0 Å². The second-order valence-corrected chi connectivity index (χ2v) is 13.7. The lowest BCUT2D eigenvalue weighted by Gasteiger charge is -2.32. The molecule has 39 heavy (non-hydrogen) atoms. The molecule has 1 saturated carbocycles. The van der Waals surface area contributed by atoms with Gasteiger partial charge in [-0.3, -0.25) is 4.90 Å². The number of carbonyl (C=O) groups is 2. The van der Waals surface area contributed by atoms with Gasteiger partial charge in [-0.05, 0) is 101 Å². The SMILES string of the molecule is CC(C)(C)OC(=O)N1C=C(CN(CC2CCC(n3cc(Br)c4c(Cl)ncnc43)C2)C(=O)OC(C)(C)C)CCC1. The lowest BCUT2D eigenvalue weighted by atomic mass is 10.0. The molecule has 11 heteroatoms. The first-order valence-electron chi connectivity index (χ1n) is 13.5. The molecule has 0 radical (unpaired) electrons. The topological polar surface area (TPSA) is 89.8 Å². The van der Waals surface area contributed by atoms with Crippen LogP contribution in [0.25, 0.3) is 11.0 Å². The smallest absolute Gasteiger partial charge is 0.414 e. The minimum absolute atomic E-state index is 0.242. The lowest BCUT2D eigenvalue weighted by molar-refractivity contribution is 0.0234. The van der Waals surface area contributed by atoms with Crippen LogP contribution in [0, 0.1) is 5.92 Å². The predicted octanol–water partition coefficient (Wildman–Crippen LogP) is 7.34. The number of rotatable bonds is 5. The van der Waals surface area contributed by atoms with E-state index in [0.29, 0.717) is 30.7 Å². The van der Waals surface area contributed by atoms with Crippen molar-refractivity contribution in [2.45, 2.75) is 90.9 Å². The van der Waals surface area contributed by atoms with Gasteiger partial charge in [-0.1, -0.05) is 11.6 Å². The standard InChI is InChI=1S/C28H39BrClN5O4/c1-27(2,3)38-25(36)33-11-7-8-19(14-33)15-34(26(37)39-28(4,5)6)13-18-9-10-20(12-18)35-16-21(29)22-23(30)31-17-32-24(22)35/h14,16-18,20H,7-13,15H2,1-6H3. The van der Waals surface area contributed by atoms with Gasteiger partial charge in [0.2, 0.25) is 0 Å². The molecule has 0 aromatic carbocycles. The summed E-state index contributed by atoms with van der Waals surface area (Å²) in [6, 6.07) is 0.242. The summed E-state index contributed by atoms with van der Waals surface area (Å²) in [5.74, 6) is 0.294. The van der Waals surface area contributed by atoms with Crippen molar-refractivity contribution < 1.29 is 19.1 Å². The van der Waals surface area contributed by atoms with Gasteiger partial charge >= 0.3 is 12.2 Å². The number of carbonyl (C=O) groups excluding carboxylic acids is 2. The second-order valence-electron chi connectivity index (χ2n) is 12.5. The Morgan fingerprint density at radius 2 is 1.85 bits per heavy atom. The zero-order valence-corrected chi connectivity index (χ0v) is 26.0. The number of halogens is 2. The number of ether oxygens (including phenoxy) is 2. The summed E-state index contributed by atoms with van der Waals surface area (Å²) < 4.78 is 14.4. The van der Waals surface area contributed by atoms with Crippen LogP contribution < -0.4 is 0 Å². The third-order valence-corrected chi connectivity index (χ3v) is 7.70. The lowest BCUT2D eigenvalue weighted by Crippen LogP contribution is -2.42. The molecule has 0 saturated heterocycles. The Morgan fingerprint density at radius 1 is 1.13 bits per heavy atom. The average molecular weight is 625 g/mol. The summed E-state index contributed by atoms with van der Waals surface area (Å²) in [7, 11) is 0. The van der Waals surface area contributed by atoms with E-state index in [2.05, 4.69) is 30.5 Å². The summed E-state index contributed by atoms with van der Waals surface area (Å²) in [6.07, 6.45) is 9.15. The molecule has 3 heterocycles. The van der Waals surface area contributed by atoms with E-state index < -0.39 is 11.2 Å². The van der Waals surface area contributed by atoms with Crippen LogP contribution >= 0.6 is 27.5 Å². The molecular formula is C28H39BrClN5O4. The Hall–Kier alpha value is -2.33. The van der Waals surface area contributed by atoms with Crippen molar-refractivity contribution in [2.75, 3.05) is 19.6 Å². The van der Waals surface area contributed by atoms with E-state index in [1.165, 1.54) is 6.33 Å². The molecule has 0 bridgehead atoms. The highest BCUT2D eigenvalue weighted by molar-refractivity contribution is 9.10. The highest BCUT2D eigenvalue weighted by atomic mass is 79.9. The van der Waals surface area contributed by atoms with E-state index in [9.17, 15) is 9.59 Å². The molecule has 0 N–H and O–H groups in total. The van der Waals surface area contributed by atoms with Crippen molar-refractivity contribution >= 4 is 50.8 Å². The molecule has 214 valence electrons. The maximum absolute atomic E-state index is 13.3. The third kappa shape index (κ3) is 7.66. The fourth-order valence-electron chi connectivity index (χ4n) is 5.25. The van der Waals surface area contributed by atoms with E-state index in [1.54, 1.807) is 9.80 Å². The van der Waals surface area contributed by atoms with Gasteiger partial charge in [-0.25, -0.2) is 19.6 Å². The van der Waals surface area contributed by atoms with Crippen LogP contribution in [-0.4, -0.2) is 67.4 Å². The van der Waals surface area contributed by atoms with Crippen molar-refractivity contribution in [2.24, 2.45) is 5.92 Å². The number of hydrogen-bond donors (Lipinski definition) is 0. The molecule has 1 aliphatic carbocycles. The molecule has 2 amide bonds. The Kier molecular flexibility index (Phi) is 8.86. The van der Waals surface area contributed by atoms with Crippen LogP contribution in [0.2, 0.25) is 5.15 Å². The number of hydrogen-bond acceptors (Lipinski definition) is 6. The third-order valence-electron chi connectivity index (χ3n) is 6.81. The largest absolute Gasteiger partial charge is 0.444 e. The molecule has 9 nitrogen and oxygen atoms in total. The van der Waals surface area contributed by atoms with Crippen LogP contribution in [-0.2, 0) is 9.47 Å². The molecule has 2 aromatic heterocycles. The molecule has 2 unspecified atom stereocenters. The van der Waals surface area contributed by atoms with Gasteiger partial charge in [-0.2, -0.15) is 0 Å². The first-order valence-corrected chi connectivity index (χ1v) is 14.7. The summed E-state index contributed by atoms with van der Waals surface area (Å²) in [5, 5.41) is 1.24. The minimum atomic E-state index is -0.605. The van der Waals surface area contributed by atoms with Crippen LogP contribution in [0.3, 0.4) is 0 Å². The second kappa shape index (κ2) is 11.6. The molecule has 2 aromatic rings. The van der Waals surface area contributed by atoms with E-state index >= 15 is 0 Å². The fourth-order valence-corrected chi connectivity index (χ4v) is 6.18. The normalized spacial score (nSPS) is 20.2. The summed E-state index contributed by atoms with van der Waals surface area (Å²) in [4.78, 5) is 38.0. The van der Waals surface area contributed by atoms with Crippen LogP contribution in [0.5, 0.6) is 0 Å². The molecule has 1 aliphatic heterocycles. The highest BCUT2D eigenvalue weighted by Crippen LogP contribution is 2.40. The number of nitrogens with zero attached hydrogens (tertiary/aromatic N) is 5. The van der Waals surface area contributed by atoms with Gasteiger partial charge in [0.15, 0.2) is 0 Å².